The van der Waals surface area contributed by atoms with Gasteiger partial charge in [0, 0.05) is 24.3 Å². The molecular formula is C32H31N3O. The van der Waals surface area contributed by atoms with Gasteiger partial charge < -0.3 is 9.64 Å². The van der Waals surface area contributed by atoms with Gasteiger partial charge in [-0.15, -0.1) is 0 Å². The number of nitriles is 1. The number of anilines is 1. The summed E-state index contributed by atoms with van der Waals surface area (Å²) in [5.74, 6) is 1.23. The highest BCUT2D eigenvalue weighted by Crippen LogP contribution is 2.49. The van der Waals surface area contributed by atoms with Crippen LogP contribution in [0.1, 0.15) is 62.8 Å². The first kappa shape index (κ1) is 23.7. The van der Waals surface area contributed by atoms with Crippen LogP contribution in [0.4, 0.5) is 5.69 Å². The molecule has 3 aliphatic heterocycles. The predicted molar refractivity (Wildman–Crippen MR) is 146 cm³/mol. The van der Waals surface area contributed by atoms with Crippen LogP contribution in [0, 0.1) is 17.9 Å². The fourth-order valence-corrected chi connectivity index (χ4v) is 5.38. The Morgan fingerprint density at radius 2 is 1.64 bits per heavy atom. The Kier molecular flexibility index (Phi) is 5.85. The van der Waals surface area contributed by atoms with Crippen molar-refractivity contribution < 1.29 is 4.74 Å². The van der Waals surface area contributed by atoms with Crippen molar-refractivity contribution in [3.05, 3.63) is 111 Å². The molecule has 0 radical (unpaired) electrons. The van der Waals surface area contributed by atoms with Crippen LogP contribution < -0.4 is 4.90 Å². The largest absolute Gasteiger partial charge is 0.457 e. The van der Waals surface area contributed by atoms with Gasteiger partial charge in [0.05, 0.1) is 12.6 Å². The fourth-order valence-electron chi connectivity index (χ4n) is 5.38. The standard InChI is InChI=1S/C32H31N3O/c1-31(2)13-15-35-16-14-32(3,4)27-18-22(17-26(31)30(27)35)11-12-25-19-24(28(21-33)34-5)20-29(36-25)23-9-7-6-8-10-23/h6-12,17-20H,13-16H2,1-4H3. The maximum Gasteiger partial charge on any atom is 0.269 e. The average Bonchev–Trinajstić information content (AvgIpc) is 2.87. The first-order valence-corrected chi connectivity index (χ1v) is 12.5. The van der Waals surface area contributed by atoms with Crippen LogP contribution in [0.2, 0.25) is 0 Å². The number of hydrogen-bond donors (Lipinski definition) is 0. The summed E-state index contributed by atoms with van der Waals surface area (Å²) in [6.07, 6.45) is 9.89. The van der Waals surface area contributed by atoms with Crippen LogP contribution >= 0.6 is 0 Å². The first-order chi connectivity index (χ1) is 17.2. The summed E-state index contributed by atoms with van der Waals surface area (Å²) in [5.41, 5.74) is 7.18. The molecule has 0 spiro atoms. The van der Waals surface area contributed by atoms with Crippen LogP contribution in [0.15, 0.2) is 77.7 Å². The highest BCUT2D eigenvalue weighted by atomic mass is 16.5. The molecule has 3 aliphatic rings. The van der Waals surface area contributed by atoms with Crippen molar-refractivity contribution in [3.8, 4) is 6.07 Å². The summed E-state index contributed by atoms with van der Waals surface area (Å²) in [6, 6.07) is 16.4. The van der Waals surface area contributed by atoms with Crippen molar-refractivity contribution in [3.63, 3.8) is 0 Å². The van der Waals surface area contributed by atoms with E-state index in [1.807, 2.05) is 42.5 Å². The van der Waals surface area contributed by atoms with Crippen molar-refractivity contribution in [2.75, 3.05) is 18.0 Å². The molecule has 3 heterocycles. The van der Waals surface area contributed by atoms with Gasteiger partial charge in [0.15, 0.2) is 0 Å². The molecule has 0 saturated carbocycles. The summed E-state index contributed by atoms with van der Waals surface area (Å²) in [7, 11) is 0. The van der Waals surface area contributed by atoms with Gasteiger partial charge in [0.25, 0.3) is 5.70 Å². The fraction of sp³-hybridized carbons (Fsp3) is 0.312. The van der Waals surface area contributed by atoms with Crippen molar-refractivity contribution >= 4 is 17.5 Å². The Bertz CT molecular complexity index is 1360. The molecule has 0 atom stereocenters. The zero-order chi connectivity index (χ0) is 25.5. The molecule has 0 N–H and O–H groups in total. The Labute approximate surface area is 214 Å². The molecule has 2 aromatic rings. The number of allylic oxidation sites excluding steroid dienone is 5. The molecule has 0 unspecified atom stereocenters. The van der Waals surface area contributed by atoms with E-state index in [-0.39, 0.29) is 16.5 Å². The second kappa shape index (κ2) is 8.89. The van der Waals surface area contributed by atoms with E-state index < -0.39 is 0 Å². The molecule has 0 bridgehead atoms. The smallest absolute Gasteiger partial charge is 0.269 e. The zero-order valence-electron chi connectivity index (χ0n) is 21.4. The van der Waals surface area contributed by atoms with Crippen molar-refractivity contribution in [1.29, 1.82) is 5.26 Å². The molecule has 0 fully saturated rings. The molecule has 0 aliphatic carbocycles. The summed E-state index contributed by atoms with van der Waals surface area (Å²) >= 11 is 0. The second-order valence-electron chi connectivity index (χ2n) is 11.1. The highest BCUT2D eigenvalue weighted by Gasteiger charge is 2.39. The third-order valence-electron chi connectivity index (χ3n) is 7.72. The minimum Gasteiger partial charge on any atom is -0.457 e. The van der Waals surface area contributed by atoms with Gasteiger partial charge in [-0.25, -0.2) is 10.1 Å². The van der Waals surface area contributed by atoms with E-state index in [0.29, 0.717) is 17.1 Å². The van der Waals surface area contributed by atoms with Crippen LogP contribution in [-0.4, -0.2) is 13.1 Å². The van der Waals surface area contributed by atoms with E-state index in [0.717, 1.165) is 37.1 Å². The zero-order valence-corrected chi connectivity index (χ0v) is 21.4. The van der Waals surface area contributed by atoms with Gasteiger partial charge >= 0.3 is 0 Å². The summed E-state index contributed by atoms with van der Waals surface area (Å²) < 4.78 is 6.22. The lowest BCUT2D eigenvalue weighted by Gasteiger charge is -2.48. The number of rotatable bonds is 3. The molecule has 180 valence electrons. The first-order valence-electron chi connectivity index (χ1n) is 12.5. The topological polar surface area (TPSA) is 40.6 Å². The summed E-state index contributed by atoms with van der Waals surface area (Å²) in [5, 5.41) is 9.48. The minimum absolute atomic E-state index is 0.0550. The molecule has 0 amide bonds. The van der Waals surface area contributed by atoms with Crippen molar-refractivity contribution in [2.45, 2.75) is 51.4 Å². The van der Waals surface area contributed by atoms with Gasteiger partial charge in [-0.2, -0.15) is 0 Å². The van der Waals surface area contributed by atoms with Crippen LogP contribution in [-0.2, 0) is 15.6 Å². The molecule has 36 heavy (non-hydrogen) atoms. The quantitative estimate of drug-likeness (QED) is 0.342. The molecular weight excluding hydrogens is 442 g/mol. The Morgan fingerprint density at radius 1 is 1.00 bits per heavy atom. The van der Waals surface area contributed by atoms with Crippen molar-refractivity contribution in [2.24, 2.45) is 0 Å². The van der Waals surface area contributed by atoms with Crippen LogP contribution in [0.3, 0.4) is 0 Å². The molecule has 0 aromatic heterocycles. The third kappa shape index (κ3) is 4.25. The lowest BCUT2D eigenvalue weighted by molar-refractivity contribution is 0.396. The van der Waals surface area contributed by atoms with Crippen LogP contribution in [0.5, 0.6) is 0 Å². The number of ether oxygens (including phenoxy) is 1. The van der Waals surface area contributed by atoms with E-state index >= 15 is 0 Å². The summed E-state index contributed by atoms with van der Waals surface area (Å²) in [6.45, 7) is 19.1. The van der Waals surface area contributed by atoms with Gasteiger partial charge in [0.2, 0.25) is 0 Å². The van der Waals surface area contributed by atoms with E-state index in [1.165, 1.54) is 16.8 Å². The third-order valence-corrected chi connectivity index (χ3v) is 7.72. The van der Waals surface area contributed by atoms with Crippen LogP contribution in [0.25, 0.3) is 16.7 Å². The molecule has 0 saturated heterocycles. The Hall–Kier alpha value is -4.02. The van der Waals surface area contributed by atoms with E-state index in [4.69, 9.17) is 11.3 Å². The Morgan fingerprint density at radius 3 is 2.22 bits per heavy atom. The maximum absolute atomic E-state index is 9.48. The second-order valence-corrected chi connectivity index (χ2v) is 11.1. The van der Waals surface area contributed by atoms with Gasteiger partial charge in [-0.1, -0.05) is 64.1 Å². The van der Waals surface area contributed by atoms with E-state index in [9.17, 15) is 5.26 Å². The monoisotopic (exact) mass is 473 g/mol. The number of benzene rings is 2. The lowest BCUT2D eigenvalue weighted by atomic mass is 9.69. The molecule has 5 rings (SSSR count). The minimum atomic E-state index is 0.0550. The van der Waals surface area contributed by atoms with Gasteiger partial charge in [-0.05, 0) is 76.3 Å². The molecule has 4 nitrogen and oxygen atoms in total. The number of nitrogens with zero attached hydrogens (tertiary/aromatic N) is 3. The lowest BCUT2D eigenvalue weighted by Crippen LogP contribution is -2.44. The van der Waals surface area contributed by atoms with Gasteiger partial charge in [-0.3, -0.25) is 0 Å². The Balaban J connectivity index is 1.57. The van der Waals surface area contributed by atoms with E-state index in [2.05, 4.69) is 55.6 Å². The van der Waals surface area contributed by atoms with E-state index in [1.54, 1.807) is 12.2 Å². The highest BCUT2D eigenvalue weighted by molar-refractivity contribution is 5.73. The molecule has 2 aromatic carbocycles. The average molecular weight is 474 g/mol. The van der Waals surface area contributed by atoms with Crippen molar-refractivity contribution in [1.82, 2.24) is 0 Å². The summed E-state index contributed by atoms with van der Waals surface area (Å²) in [4.78, 5) is 6.00. The normalized spacial score (nSPS) is 20.9. The molecule has 4 heteroatoms. The SMILES string of the molecule is [C-]#[N+]C(C#N)=C1C=C(C=Cc2cc3c4c(c2)C(C)(C)CCN4CCC3(C)C)OC(c2ccccc2)=C1. The maximum atomic E-state index is 9.48. The van der Waals surface area contributed by atoms with Gasteiger partial charge in [0.1, 0.15) is 11.5 Å². The predicted octanol–water partition coefficient (Wildman–Crippen LogP) is 7.52. The number of hydrogen-bond acceptors (Lipinski definition) is 3.